The largest absolute Gasteiger partial charge is 0.406 e. The van der Waals surface area contributed by atoms with Crippen LogP contribution in [0.2, 0.25) is 0 Å². The van der Waals surface area contributed by atoms with Gasteiger partial charge in [0.05, 0.1) is 11.1 Å². The van der Waals surface area contributed by atoms with E-state index in [0.29, 0.717) is 32.7 Å². The number of amides is 1. The lowest BCUT2D eigenvalue weighted by atomic mass is 9.97. The molecule has 5 nitrogen and oxygen atoms in total. The molecule has 0 saturated carbocycles. The Bertz CT molecular complexity index is 982. The van der Waals surface area contributed by atoms with E-state index in [-0.39, 0.29) is 11.3 Å². The van der Waals surface area contributed by atoms with E-state index < -0.39 is 18.6 Å². The van der Waals surface area contributed by atoms with E-state index in [2.05, 4.69) is 18.8 Å². The number of thiophene rings is 1. The Balaban J connectivity index is 1.91. The van der Waals surface area contributed by atoms with Crippen molar-refractivity contribution in [3.05, 3.63) is 20.8 Å². The van der Waals surface area contributed by atoms with Gasteiger partial charge in [0.15, 0.2) is 5.16 Å². The molecule has 3 rings (SSSR count). The normalized spacial score (nSPS) is 14.4. The number of carbonyl (C=O) groups excluding carboxylic acids is 1. The third kappa shape index (κ3) is 5.38. The molecule has 0 radical (unpaired) electrons. The van der Waals surface area contributed by atoms with Crippen molar-refractivity contribution in [1.82, 2.24) is 14.5 Å². The highest BCUT2D eigenvalue weighted by molar-refractivity contribution is 7.99. The molecule has 0 bridgehead atoms. The van der Waals surface area contributed by atoms with Crippen LogP contribution >= 0.6 is 23.1 Å². The quantitative estimate of drug-likeness (QED) is 0.450. The molecule has 166 valence electrons. The van der Waals surface area contributed by atoms with Crippen molar-refractivity contribution in [2.75, 3.05) is 19.3 Å². The van der Waals surface area contributed by atoms with Crippen molar-refractivity contribution in [3.63, 3.8) is 0 Å². The molecule has 2 aromatic heterocycles. The Labute approximate surface area is 181 Å². The van der Waals surface area contributed by atoms with Crippen molar-refractivity contribution >= 4 is 39.2 Å². The maximum atomic E-state index is 13.3. The zero-order valence-electron chi connectivity index (χ0n) is 17.3. The molecule has 1 aliphatic carbocycles. The summed E-state index contributed by atoms with van der Waals surface area (Å²) in [6.07, 6.45) is 0.314. The number of carbonyl (C=O) groups is 1. The Kier molecular flexibility index (Phi) is 7.16. The predicted molar refractivity (Wildman–Crippen MR) is 114 cm³/mol. The maximum absolute atomic E-state index is 13.3. The van der Waals surface area contributed by atoms with Gasteiger partial charge < -0.3 is 4.90 Å². The number of hydrogen-bond acceptors (Lipinski definition) is 5. The van der Waals surface area contributed by atoms with Crippen LogP contribution in [0.4, 0.5) is 13.2 Å². The van der Waals surface area contributed by atoms with E-state index in [1.54, 1.807) is 4.57 Å². The van der Waals surface area contributed by atoms with E-state index in [9.17, 15) is 22.8 Å². The van der Waals surface area contributed by atoms with Crippen LogP contribution in [0.5, 0.6) is 0 Å². The molecule has 0 saturated heterocycles. The molecule has 10 heteroatoms. The molecular weight excluding hydrogens is 435 g/mol. The Hall–Kier alpha value is -1.55. The van der Waals surface area contributed by atoms with Crippen LogP contribution in [-0.4, -0.2) is 45.9 Å². The molecule has 0 unspecified atom stereocenters. The lowest BCUT2D eigenvalue weighted by Crippen LogP contribution is -2.37. The Morgan fingerprint density at radius 1 is 1.30 bits per heavy atom. The smallest absolute Gasteiger partial charge is 0.336 e. The van der Waals surface area contributed by atoms with Gasteiger partial charge in [0.2, 0.25) is 5.91 Å². The van der Waals surface area contributed by atoms with E-state index in [1.165, 1.54) is 16.2 Å². The summed E-state index contributed by atoms with van der Waals surface area (Å²) in [6, 6.07) is 0. The molecule has 2 heterocycles. The minimum absolute atomic E-state index is 0.0985. The number of aromatic nitrogens is 2. The summed E-state index contributed by atoms with van der Waals surface area (Å²) in [7, 11) is 1.13. The summed E-state index contributed by atoms with van der Waals surface area (Å²) in [5.41, 5.74) is 1.01. The number of hydrogen-bond donors (Lipinski definition) is 0. The Morgan fingerprint density at radius 3 is 2.67 bits per heavy atom. The molecule has 0 spiro atoms. The van der Waals surface area contributed by atoms with Gasteiger partial charge in [-0.3, -0.25) is 14.2 Å². The maximum Gasteiger partial charge on any atom is 0.406 e. The SMILES string of the molecule is CC(C)CCn1c(SCC(=O)N(C)CC(F)(F)F)nc2sc3c(c2c1=O)CCCC3. The monoisotopic (exact) mass is 461 g/mol. The van der Waals surface area contributed by atoms with Gasteiger partial charge in [-0.1, -0.05) is 25.6 Å². The molecule has 1 amide bonds. The van der Waals surface area contributed by atoms with Crippen molar-refractivity contribution in [2.24, 2.45) is 5.92 Å². The van der Waals surface area contributed by atoms with Gasteiger partial charge in [-0.05, 0) is 43.6 Å². The van der Waals surface area contributed by atoms with Crippen LogP contribution in [-0.2, 0) is 24.2 Å². The number of alkyl halides is 3. The number of fused-ring (bicyclic) bond motifs is 3. The van der Waals surface area contributed by atoms with Gasteiger partial charge in [-0.15, -0.1) is 11.3 Å². The standard InChI is InChI=1S/C20H26F3N3O2S2/c1-12(2)8-9-26-18(28)16-13-6-4-5-7-14(13)30-17(16)24-19(26)29-10-15(27)25(3)11-20(21,22)23/h12H,4-11H2,1-3H3. The summed E-state index contributed by atoms with van der Waals surface area (Å²) in [5.74, 6) is -0.467. The van der Waals surface area contributed by atoms with Crippen molar-refractivity contribution in [3.8, 4) is 0 Å². The highest BCUT2D eigenvalue weighted by Gasteiger charge is 2.31. The molecule has 1 aliphatic rings. The second kappa shape index (κ2) is 9.30. The van der Waals surface area contributed by atoms with Crippen LogP contribution in [0.3, 0.4) is 0 Å². The molecule has 30 heavy (non-hydrogen) atoms. The third-order valence-corrected chi connectivity index (χ3v) is 7.28. The zero-order chi connectivity index (χ0) is 22.1. The summed E-state index contributed by atoms with van der Waals surface area (Å²) in [4.78, 5) is 32.7. The summed E-state index contributed by atoms with van der Waals surface area (Å²) in [6.45, 7) is 3.30. The lowest BCUT2D eigenvalue weighted by Gasteiger charge is -2.19. The number of halogens is 3. The molecule has 0 aliphatic heterocycles. The number of thioether (sulfide) groups is 1. The molecule has 0 atom stereocenters. The van der Waals surface area contributed by atoms with Gasteiger partial charge in [0.1, 0.15) is 11.4 Å². The van der Waals surface area contributed by atoms with Gasteiger partial charge >= 0.3 is 6.18 Å². The van der Waals surface area contributed by atoms with E-state index >= 15 is 0 Å². The predicted octanol–water partition coefficient (Wildman–Crippen LogP) is 4.50. The minimum Gasteiger partial charge on any atom is -0.336 e. The second-order valence-electron chi connectivity index (χ2n) is 8.08. The molecular formula is C20H26F3N3O2S2. The van der Waals surface area contributed by atoms with Crippen LogP contribution in [0.1, 0.15) is 43.6 Å². The second-order valence-corrected chi connectivity index (χ2v) is 10.1. The average Bonchev–Trinajstić information content (AvgIpc) is 3.02. The van der Waals surface area contributed by atoms with Crippen LogP contribution < -0.4 is 5.56 Å². The van der Waals surface area contributed by atoms with Crippen LogP contribution in [0.15, 0.2) is 9.95 Å². The topological polar surface area (TPSA) is 55.2 Å². The van der Waals surface area contributed by atoms with Gasteiger partial charge in [0.25, 0.3) is 5.56 Å². The first-order valence-electron chi connectivity index (χ1n) is 10.1. The summed E-state index contributed by atoms with van der Waals surface area (Å²) < 4.78 is 39.3. The highest BCUT2D eigenvalue weighted by atomic mass is 32.2. The summed E-state index contributed by atoms with van der Waals surface area (Å²) in [5, 5.41) is 1.09. The van der Waals surface area contributed by atoms with E-state index in [4.69, 9.17) is 0 Å². The number of nitrogens with zero attached hydrogens (tertiary/aromatic N) is 3. The fourth-order valence-corrected chi connectivity index (χ4v) is 5.78. The summed E-state index contributed by atoms with van der Waals surface area (Å²) >= 11 is 2.56. The fourth-order valence-electron chi connectivity index (χ4n) is 3.51. The first-order chi connectivity index (χ1) is 14.1. The van der Waals surface area contributed by atoms with E-state index in [1.807, 2.05) is 0 Å². The zero-order valence-corrected chi connectivity index (χ0v) is 19.0. The molecule has 0 N–H and O–H groups in total. The third-order valence-electron chi connectivity index (χ3n) is 5.14. The van der Waals surface area contributed by atoms with Crippen molar-refractivity contribution in [2.45, 2.75) is 63.8 Å². The molecule has 0 aromatic carbocycles. The number of aryl methyl sites for hydroxylation is 2. The first kappa shape index (κ1) is 23.1. The Morgan fingerprint density at radius 2 is 2.00 bits per heavy atom. The van der Waals surface area contributed by atoms with Crippen molar-refractivity contribution in [1.29, 1.82) is 0 Å². The van der Waals surface area contributed by atoms with Gasteiger partial charge in [0, 0.05) is 18.5 Å². The molecule has 2 aromatic rings. The first-order valence-corrected chi connectivity index (χ1v) is 11.9. The minimum atomic E-state index is -4.44. The molecule has 0 fully saturated rings. The van der Waals surface area contributed by atoms with Gasteiger partial charge in [-0.25, -0.2) is 4.98 Å². The van der Waals surface area contributed by atoms with Crippen molar-refractivity contribution < 1.29 is 18.0 Å². The number of rotatable bonds is 7. The van der Waals surface area contributed by atoms with Gasteiger partial charge in [-0.2, -0.15) is 13.2 Å². The fraction of sp³-hybridized carbons (Fsp3) is 0.650. The lowest BCUT2D eigenvalue weighted by molar-refractivity contribution is -0.156. The van der Waals surface area contributed by atoms with Crippen LogP contribution in [0.25, 0.3) is 10.2 Å². The van der Waals surface area contributed by atoms with Crippen LogP contribution in [0, 0.1) is 5.92 Å². The van der Waals surface area contributed by atoms with E-state index in [0.717, 1.165) is 56.5 Å². The average molecular weight is 462 g/mol. The highest BCUT2D eigenvalue weighted by Crippen LogP contribution is 2.34.